The quantitative estimate of drug-likeness (QED) is 0.655. The van der Waals surface area contributed by atoms with Crippen molar-refractivity contribution in [1.82, 2.24) is 0 Å². The summed E-state index contributed by atoms with van der Waals surface area (Å²) >= 11 is 5.31. The molecule has 0 unspecified atom stereocenters. The van der Waals surface area contributed by atoms with Crippen LogP contribution in [-0.2, 0) is 11.3 Å². The molecule has 1 aromatic carbocycles. The zero-order valence-corrected chi connectivity index (χ0v) is 7.16. The number of rotatable bonds is 2. The summed E-state index contributed by atoms with van der Waals surface area (Å²) in [5.74, 6) is -1.51. The first kappa shape index (κ1) is 9.42. The number of methoxy groups -OCH3 is 1. The summed E-state index contributed by atoms with van der Waals surface area (Å²) in [7, 11) is 1.43. The zero-order chi connectivity index (χ0) is 9.14. The number of halogens is 3. The summed E-state index contributed by atoms with van der Waals surface area (Å²) < 4.78 is 30.3. The van der Waals surface area contributed by atoms with Gasteiger partial charge in [-0.05, 0) is 6.07 Å². The van der Waals surface area contributed by atoms with E-state index in [0.29, 0.717) is 0 Å². The Kier molecular flexibility index (Phi) is 3.00. The van der Waals surface area contributed by atoms with Gasteiger partial charge in [0.15, 0.2) is 0 Å². The largest absolute Gasteiger partial charge is 0.380 e. The summed E-state index contributed by atoms with van der Waals surface area (Å²) in [5.41, 5.74) is 0.254. The van der Waals surface area contributed by atoms with Crippen LogP contribution in [0.4, 0.5) is 8.78 Å². The van der Waals surface area contributed by atoms with E-state index in [1.807, 2.05) is 0 Å². The lowest BCUT2D eigenvalue weighted by Crippen LogP contribution is -1.95. The van der Waals surface area contributed by atoms with Gasteiger partial charge in [-0.1, -0.05) is 17.7 Å². The molecule has 0 atom stereocenters. The van der Waals surface area contributed by atoms with E-state index in [4.69, 9.17) is 11.6 Å². The van der Waals surface area contributed by atoms with Crippen molar-refractivity contribution in [2.45, 2.75) is 6.61 Å². The molecular formula is C8H7ClF2O. The van der Waals surface area contributed by atoms with Crippen LogP contribution < -0.4 is 0 Å². The Labute approximate surface area is 73.9 Å². The lowest BCUT2D eigenvalue weighted by atomic mass is 10.2. The molecule has 0 amide bonds. The van der Waals surface area contributed by atoms with Gasteiger partial charge in [0.2, 0.25) is 0 Å². The normalized spacial score (nSPS) is 10.3. The molecule has 0 aromatic heterocycles. The van der Waals surface area contributed by atoms with Gasteiger partial charge in [0.1, 0.15) is 16.7 Å². The molecule has 4 heteroatoms. The van der Waals surface area contributed by atoms with Crippen LogP contribution in [0, 0.1) is 11.6 Å². The molecule has 0 saturated heterocycles. The molecule has 0 heterocycles. The molecule has 12 heavy (non-hydrogen) atoms. The Morgan fingerprint density at radius 1 is 1.42 bits per heavy atom. The number of benzene rings is 1. The fraction of sp³-hybridized carbons (Fsp3) is 0.250. The fourth-order valence-corrected chi connectivity index (χ4v) is 1.02. The number of hydrogen-bond donors (Lipinski definition) is 0. The minimum Gasteiger partial charge on any atom is -0.380 e. The topological polar surface area (TPSA) is 9.23 Å². The van der Waals surface area contributed by atoms with Crippen molar-refractivity contribution >= 4 is 11.6 Å². The second-order valence-electron chi connectivity index (χ2n) is 2.27. The smallest absolute Gasteiger partial charge is 0.150 e. The predicted molar refractivity (Wildman–Crippen MR) is 42.1 cm³/mol. The van der Waals surface area contributed by atoms with E-state index in [1.165, 1.54) is 13.2 Å². The van der Waals surface area contributed by atoms with Gasteiger partial charge in [0.05, 0.1) is 6.61 Å². The first-order valence-corrected chi connectivity index (χ1v) is 3.66. The van der Waals surface area contributed by atoms with Crippen LogP contribution in [0.15, 0.2) is 12.1 Å². The van der Waals surface area contributed by atoms with Crippen LogP contribution in [0.25, 0.3) is 0 Å². The van der Waals surface area contributed by atoms with Crippen molar-refractivity contribution in [2.75, 3.05) is 7.11 Å². The Hall–Kier alpha value is -0.670. The van der Waals surface area contributed by atoms with Crippen molar-refractivity contribution in [1.29, 1.82) is 0 Å². The highest BCUT2D eigenvalue weighted by molar-refractivity contribution is 6.30. The van der Waals surface area contributed by atoms with Gasteiger partial charge in [-0.15, -0.1) is 0 Å². The van der Waals surface area contributed by atoms with E-state index in [2.05, 4.69) is 4.74 Å². The van der Waals surface area contributed by atoms with E-state index in [0.717, 1.165) is 6.07 Å². The lowest BCUT2D eigenvalue weighted by molar-refractivity contribution is 0.181. The molecule has 1 aromatic rings. The van der Waals surface area contributed by atoms with Crippen LogP contribution in [0.3, 0.4) is 0 Å². The molecule has 0 aliphatic heterocycles. The SMILES string of the molecule is COCc1ccc(F)c(Cl)c1F. The fourth-order valence-electron chi connectivity index (χ4n) is 0.833. The third-order valence-electron chi connectivity index (χ3n) is 1.42. The summed E-state index contributed by atoms with van der Waals surface area (Å²) in [6.07, 6.45) is 0. The Morgan fingerprint density at radius 2 is 2.08 bits per heavy atom. The second kappa shape index (κ2) is 3.83. The highest BCUT2D eigenvalue weighted by Gasteiger charge is 2.10. The van der Waals surface area contributed by atoms with Crippen molar-refractivity contribution in [3.63, 3.8) is 0 Å². The van der Waals surface area contributed by atoms with Crippen molar-refractivity contribution in [3.05, 3.63) is 34.4 Å². The van der Waals surface area contributed by atoms with Crippen molar-refractivity contribution in [2.24, 2.45) is 0 Å². The third-order valence-corrected chi connectivity index (χ3v) is 1.76. The van der Waals surface area contributed by atoms with E-state index in [9.17, 15) is 8.78 Å². The maximum Gasteiger partial charge on any atom is 0.150 e. The maximum atomic E-state index is 13.0. The average Bonchev–Trinajstić information content (AvgIpc) is 2.07. The molecule has 0 saturated carbocycles. The lowest BCUT2D eigenvalue weighted by Gasteiger charge is -2.03. The summed E-state index contributed by atoms with van der Waals surface area (Å²) in [6.45, 7) is 0.0891. The molecule has 0 aliphatic carbocycles. The molecule has 1 rings (SSSR count). The van der Waals surface area contributed by atoms with Crippen LogP contribution in [-0.4, -0.2) is 7.11 Å². The Bertz CT molecular complexity index is 289. The van der Waals surface area contributed by atoms with E-state index in [-0.39, 0.29) is 12.2 Å². The van der Waals surface area contributed by atoms with Gasteiger partial charge in [-0.25, -0.2) is 8.78 Å². The predicted octanol–water partition coefficient (Wildman–Crippen LogP) is 2.76. The standard InChI is InChI=1S/C8H7ClF2O/c1-12-4-5-2-3-6(10)7(9)8(5)11/h2-3H,4H2,1H3. The number of hydrogen-bond acceptors (Lipinski definition) is 1. The highest BCUT2D eigenvalue weighted by Crippen LogP contribution is 2.21. The summed E-state index contributed by atoms with van der Waals surface area (Å²) in [5, 5.41) is -0.482. The van der Waals surface area contributed by atoms with Crippen LogP contribution >= 0.6 is 11.6 Å². The molecule has 66 valence electrons. The van der Waals surface area contributed by atoms with Crippen molar-refractivity contribution < 1.29 is 13.5 Å². The molecule has 0 aliphatic rings. The molecule has 0 fully saturated rings. The van der Waals surface area contributed by atoms with E-state index >= 15 is 0 Å². The summed E-state index contributed by atoms with van der Waals surface area (Å²) in [4.78, 5) is 0. The van der Waals surface area contributed by atoms with Crippen molar-refractivity contribution in [3.8, 4) is 0 Å². The van der Waals surface area contributed by atoms with Crippen LogP contribution in [0.2, 0.25) is 5.02 Å². The first-order chi connectivity index (χ1) is 5.66. The van der Waals surface area contributed by atoms with Crippen LogP contribution in [0.1, 0.15) is 5.56 Å². The van der Waals surface area contributed by atoms with Crippen LogP contribution in [0.5, 0.6) is 0 Å². The maximum absolute atomic E-state index is 13.0. The van der Waals surface area contributed by atoms with E-state index in [1.54, 1.807) is 0 Å². The zero-order valence-electron chi connectivity index (χ0n) is 6.40. The Balaban J connectivity index is 3.08. The highest BCUT2D eigenvalue weighted by atomic mass is 35.5. The first-order valence-electron chi connectivity index (χ1n) is 3.28. The van der Waals surface area contributed by atoms with Gasteiger partial charge >= 0.3 is 0 Å². The van der Waals surface area contributed by atoms with Gasteiger partial charge in [0, 0.05) is 12.7 Å². The summed E-state index contributed by atoms with van der Waals surface area (Å²) in [6, 6.07) is 2.42. The van der Waals surface area contributed by atoms with Gasteiger partial charge in [-0.3, -0.25) is 0 Å². The molecule has 0 bridgehead atoms. The monoisotopic (exact) mass is 192 g/mol. The molecule has 1 nitrogen and oxygen atoms in total. The minimum atomic E-state index is -0.756. The number of ether oxygens (including phenoxy) is 1. The van der Waals surface area contributed by atoms with Gasteiger partial charge in [0.25, 0.3) is 0 Å². The molecule has 0 spiro atoms. The molecule has 0 N–H and O–H groups in total. The molecular weight excluding hydrogens is 186 g/mol. The average molecular weight is 193 g/mol. The third kappa shape index (κ3) is 1.73. The van der Waals surface area contributed by atoms with Gasteiger partial charge in [-0.2, -0.15) is 0 Å². The van der Waals surface area contributed by atoms with E-state index < -0.39 is 16.7 Å². The Morgan fingerprint density at radius 3 is 2.67 bits per heavy atom. The second-order valence-corrected chi connectivity index (χ2v) is 2.65. The van der Waals surface area contributed by atoms with Gasteiger partial charge < -0.3 is 4.74 Å². The minimum absolute atomic E-state index is 0.0891. The molecule has 0 radical (unpaired) electrons.